The van der Waals surface area contributed by atoms with Gasteiger partial charge in [-0.2, -0.15) is 0 Å². The first-order valence-corrected chi connectivity index (χ1v) is 4.18. The molecule has 0 bridgehead atoms. The quantitative estimate of drug-likeness (QED) is 0.562. The van der Waals surface area contributed by atoms with Crippen LogP contribution in [0.2, 0.25) is 0 Å². The lowest BCUT2D eigenvalue weighted by atomic mass is 10.0. The lowest BCUT2D eigenvalue weighted by Crippen LogP contribution is -2.50. The molecule has 0 saturated carbocycles. The minimum atomic E-state index is 0.848. The van der Waals surface area contributed by atoms with E-state index in [2.05, 4.69) is 11.8 Å². The highest BCUT2D eigenvalue weighted by molar-refractivity contribution is 4.82. The number of hydrogen-bond donors (Lipinski definition) is 0. The summed E-state index contributed by atoms with van der Waals surface area (Å²) < 4.78 is 5.11. The monoisotopic (exact) mass is 141 g/mol. The number of ether oxygens (including phenoxy) is 1. The molecule has 0 aromatic rings. The van der Waals surface area contributed by atoms with Gasteiger partial charge in [0.15, 0.2) is 0 Å². The van der Waals surface area contributed by atoms with E-state index in [0.29, 0.717) is 0 Å². The van der Waals surface area contributed by atoms with Crippen molar-refractivity contribution in [3.05, 3.63) is 0 Å². The van der Waals surface area contributed by atoms with Crippen molar-refractivity contribution >= 4 is 0 Å². The molecular formula is C8H15NO. The number of nitrogens with zero attached hydrogens (tertiary/aromatic N) is 1. The first kappa shape index (κ1) is 6.62. The van der Waals surface area contributed by atoms with Crippen LogP contribution in [0.1, 0.15) is 13.3 Å². The Morgan fingerprint density at radius 1 is 1.50 bits per heavy atom. The Balaban J connectivity index is 1.69. The lowest BCUT2D eigenvalue weighted by molar-refractivity contribution is -0.0627. The van der Waals surface area contributed by atoms with Gasteiger partial charge in [-0.1, -0.05) is 0 Å². The highest BCUT2D eigenvalue weighted by Gasteiger charge is 2.28. The Morgan fingerprint density at radius 2 is 2.30 bits per heavy atom. The van der Waals surface area contributed by atoms with E-state index in [-0.39, 0.29) is 0 Å². The molecule has 0 aromatic carbocycles. The third-order valence-electron chi connectivity index (χ3n) is 2.66. The first-order valence-electron chi connectivity index (χ1n) is 4.18. The van der Waals surface area contributed by atoms with E-state index in [4.69, 9.17) is 4.74 Å². The van der Waals surface area contributed by atoms with Crippen molar-refractivity contribution in [2.45, 2.75) is 19.4 Å². The van der Waals surface area contributed by atoms with Crippen LogP contribution in [0, 0.1) is 5.92 Å². The Hall–Kier alpha value is -0.0800. The second-order valence-corrected chi connectivity index (χ2v) is 3.54. The van der Waals surface area contributed by atoms with E-state index >= 15 is 0 Å². The summed E-state index contributed by atoms with van der Waals surface area (Å²) in [6.07, 6.45) is 1.40. The van der Waals surface area contributed by atoms with Crippen LogP contribution in [-0.4, -0.2) is 37.2 Å². The molecule has 10 heavy (non-hydrogen) atoms. The first-order chi connectivity index (χ1) is 4.86. The van der Waals surface area contributed by atoms with E-state index in [0.717, 1.165) is 25.2 Å². The average Bonchev–Trinajstić information content (AvgIpc) is 1.82. The predicted molar refractivity (Wildman–Crippen MR) is 40.0 cm³/mol. The van der Waals surface area contributed by atoms with Gasteiger partial charge in [0.2, 0.25) is 0 Å². The van der Waals surface area contributed by atoms with E-state index in [1.54, 1.807) is 0 Å². The van der Waals surface area contributed by atoms with E-state index in [9.17, 15) is 0 Å². The fraction of sp³-hybridized carbons (Fsp3) is 1.00. The van der Waals surface area contributed by atoms with Gasteiger partial charge in [-0.15, -0.1) is 0 Å². The summed E-state index contributed by atoms with van der Waals surface area (Å²) in [6, 6.07) is 0.848. The fourth-order valence-electron chi connectivity index (χ4n) is 1.56. The van der Waals surface area contributed by atoms with Crippen molar-refractivity contribution in [2.24, 2.45) is 5.92 Å². The molecule has 1 atom stereocenters. The second kappa shape index (κ2) is 2.51. The minimum Gasteiger partial charge on any atom is -0.381 e. The Morgan fingerprint density at radius 3 is 2.60 bits per heavy atom. The third kappa shape index (κ3) is 1.06. The van der Waals surface area contributed by atoms with Gasteiger partial charge in [-0.05, 0) is 19.9 Å². The minimum absolute atomic E-state index is 0.848. The van der Waals surface area contributed by atoms with Gasteiger partial charge >= 0.3 is 0 Å². The van der Waals surface area contributed by atoms with Crippen LogP contribution < -0.4 is 0 Å². The van der Waals surface area contributed by atoms with Crippen molar-refractivity contribution < 1.29 is 4.74 Å². The molecule has 2 aliphatic heterocycles. The number of rotatable bonds is 2. The summed E-state index contributed by atoms with van der Waals surface area (Å²) in [6.45, 7) is 6.91. The topological polar surface area (TPSA) is 12.5 Å². The van der Waals surface area contributed by atoms with Gasteiger partial charge in [0.1, 0.15) is 0 Å². The van der Waals surface area contributed by atoms with Crippen molar-refractivity contribution in [1.29, 1.82) is 0 Å². The van der Waals surface area contributed by atoms with Gasteiger partial charge in [-0.25, -0.2) is 0 Å². The molecule has 1 unspecified atom stereocenters. The summed E-state index contributed by atoms with van der Waals surface area (Å²) in [4.78, 5) is 2.55. The Bertz CT molecular complexity index is 122. The van der Waals surface area contributed by atoms with Gasteiger partial charge in [-0.3, -0.25) is 0 Å². The fourth-order valence-corrected chi connectivity index (χ4v) is 1.56. The molecule has 2 nitrogen and oxygen atoms in total. The van der Waals surface area contributed by atoms with Crippen molar-refractivity contribution in [3.8, 4) is 0 Å². The summed E-state index contributed by atoms with van der Waals surface area (Å²) in [5, 5.41) is 0. The summed E-state index contributed by atoms with van der Waals surface area (Å²) in [7, 11) is 0. The highest BCUT2D eigenvalue weighted by atomic mass is 16.5. The van der Waals surface area contributed by atoms with Crippen LogP contribution in [0.4, 0.5) is 0 Å². The van der Waals surface area contributed by atoms with E-state index in [1.165, 1.54) is 19.5 Å². The van der Waals surface area contributed by atoms with Gasteiger partial charge in [0.25, 0.3) is 0 Å². The molecule has 2 heteroatoms. The third-order valence-corrected chi connectivity index (χ3v) is 2.66. The van der Waals surface area contributed by atoms with E-state index < -0.39 is 0 Å². The van der Waals surface area contributed by atoms with Crippen LogP contribution in [0.3, 0.4) is 0 Å². The molecule has 58 valence electrons. The number of hydrogen-bond acceptors (Lipinski definition) is 2. The molecule has 2 rings (SSSR count). The van der Waals surface area contributed by atoms with E-state index in [1.807, 2.05) is 0 Å². The smallest absolute Gasteiger partial charge is 0.0528 e. The van der Waals surface area contributed by atoms with Crippen LogP contribution in [-0.2, 0) is 4.74 Å². The SMILES string of the molecule is CC1CCN1CC1COC1. The van der Waals surface area contributed by atoms with Crippen molar-refractivity contribution in [1.82, 2.24) is 4.90 Å². The van der Waals surface area contributed by atoms with Crippen molar-refractivity contribution in [2.75, 3.05) is 26.3 Å². The molecular weight excluding hydrogens is 126 g/mol. The van der Waals surface area contributed by atoms with Gasteiger partial charge in [0, 0.05) is 18.5 Å². The maximum atomic E-state index is 5.11. The summed E-state index contributed by atoms with van der Waals surface area (Å²) in [5.74, 6) is 0.850. The summed E-state index contributed by atoms with van der Waals surface area (Å²) >= 11 is 0. The predicted octanol–water partition coefficient (Wildman–Crippen LogP) is 0.727. The molecule has 0 aliphatic carbocycles. The summed E-state index contributed by atoms with van der Waals surface area (Å²) in [5.41, 5.74) is 0. The molecule has 0 radical (unpaired) electrons. The zero-order valence-corrected chi connectivity index (χ0v) is 6.55. The largest absolute Gasteiger partial charge is 0.381 e. The normalized spacial score (nSPS) is 35.1. The zero-order valence-electron chi connectivity index (χ0n) is 6.55. The van der Waals surface area contributed by atoms with Crippen LogP contribution in [0.15, 0.2) is 0 Å². The molecule has 0 spiro atoms. The van der Waals surface area contributed by atoms with Crippen LogP contribution in [0.5, 0.6) is 0 Å². The molecule has 0 amide bonds. The maximum absolute atomic E-state index is 5.11. The molecule has 0 N–H and O–H groups in total. The maximum Gasteiger partial charge on any atom is 0.0528 e. The van der Waals surface area contributed by atoms with Crippen LogP contribution >= 0.6 is 0 Å². The highest BCUT2D eigenvalue weighted by Crippen LogP contribution is 2.20. The second-order valence-electron chi connectivity index (χ2n) is 3.54. The standard InChI is InChI=1S/C8H15NO/c1-7-2-3-9(7)4-8-5-10-6-8/h7-8H,2-6H2,1H3. The number of likely N-dealkylation sites (tertiary alicyclic amines) is 1. The average molecular weight is 141 g/mol. The molecule has 2 heterocycles. The lowest BCUT2D eigenvalue weighted by Gasteiger charge is -2.42. The molecule has 2 saturated heterocycles. The molecule has 2 aliphatic rings. The molecule has 2 fully saturated rings. The molecule has 0 aromatic heterocycles. The van der Waals surface area contributed by atoms with Gasteiger partial charge in [0.05, 0.1) is 13.2 Å². The Kier molecular flexibility index (Phi) is 1.66. The van der Waals surface area contributed by atoms with Crippen molar-refractivity contribution in [3.63, 3.8) is 0 Å². The van der Waals surface area contributed by atoms with Crippen LogP contribution in [0.25, 0.3) is 0 Å². The zero-order chi connectivity index (χ0) is 6.97. The van der Waals surface area contributed by atoms with Gasteiger partial charge < -0.3 is 9.64 Å². The Labute approximate surface area is 62.2 Å².